The summed E-state index contributed by atoms with van der Waals surface area (Å²) < 4.78 is 27.3. The van der Waals surface area contributed by atoms with E-state index in [1.54, 1.807) is 29.1 Å². The van der Waals surface area contributed by atoms with Gasteiger partial charge in [0.2, 0.25) is 6.54 Å². The fourth-order valence-corrected chi connectivity index (χ4v) is 1.51. The Morgan fingerprint density at radius 3 is 2.57 bits per heavy atom. The highest BCUT2D eigenvalue weighted by atomic mass is 35.5. The molecule has 0 saturated heterocycles. The second-order valence-corrected chi connectivity index (χ2v) is 4.01. The third-order valence-electron chi connectivity index (χ3n) is 2.45. The van der Waals surface area contributed by atoms with Crippen LogP contribution in [-0.2, 0) is 11.3 Å². The highest BCUT2D eigenvalue weighted by Crippen LogP contribution is 2.06. The zero-order valence-corrected chi connectivity index (χ0v) is 11.6. The molecule has 0 aliphatic carbocycles. The van der Waals surface area contributed by atoms with Crippen LogP contribution in [0.3, 0.4) is 0 Å². The number of pyridine rings is 1. The maximum Gasteiger partial charge on any atom is 0.305 e. The average molecular weight is 312 g/mol. The van der Waals surface area contributed by atoms with Gasteiger partial charge in [-0.2, -0.15) is 9.67 Å². The maximum atomic E-state index is 12.9. The molecule has 21 heavy (non-hydrogen) atoms. The van der Waals surface area contributed by atoms with E-state index in [9.17, 15) is 13.6 Å². The van der Waals surface area contributed by atoms with Gasteiger partial charge in [0.05, 0.1) is 6.21 Å². The van der Waals surface area contributed by atoms with Gasteiger partial charge >= 0.3 is 5.91 Å². The smallest absolute Gasteiger partial charge is 0.305 e. The van der Waals surface area contributed by atoms with Crippen LogP contribution >= 0.6 is 0 Å². The predicted molar refractivity (Wildman–Crippen MR) is 68.7 cm³/mol. The first-order chi connectivity index (χ1) is 9.65. The van der Waals surface area contributed by atoms with Crippen LogP contribution in [0.25, 0.3) is 0 Å². The standard InChI is InChI=1S/C14H11F2N3O.ClH/c15-12-5-4-11(8-13(12)16)9-17-18-14(20)10-19-6-2-1-3-7-19;/h1-9H,10H2;1H/b17-9+;. The molecule has 1 heterocycles. The minimum absolute atomic E-state index is 0. The van der Waals surface area contributed by atoms with Crippen molar-refractivity contribution in [1.82, 2.24) is 5.43 Å². The Morgan fingerprint density at radius 2 is 1.90 bits per heavy atom. The molecule has 0 aliphatic heterocycles. The van der Waals surface area contributed by atoms with Gasteiger partial charge in [-0.3, -0.25) is 4.79 Å². The monoisotopic (exact) mass is 311 g/mol. The lowest BCUT2D eigenvalue weighted by Gasteiger charge is -1.97. The molecule has 2 aromatic rings. The van der Waals surface area contributed by atoms with Gasteiger partial charge < -0.3 is 12.4 Å². The van der Waals surface area contributed by atoms with Crippen molar-refractivity contribution in [1.29, 1.82) is 0 Å². The number of halogens is 3. The van der Waals surface area contributed by atoms with E-state index >= 15 is 0 Å². The van der Waals surface area contributed by atoms with Gasteiger partial charge in [0.1, 0.15) is 0 Å². The van der Waals surface area contributed by atoms with Gasteiger partial charge in [-0.05, 0) is 17.7 Å². The fraction of sp³-hybridized carbons (Fsp3) is 0.0714. The van der Waals surface area contributed by atoms with Crippen LogP contribution in [0.15, 0.2) is 53.9 Å². The number of hydrogen-bond acceptors (Lipinski definition) is 2. The first kappa shape index (κ1) is 16.7. The Labute approximate surface area is 126 Å². The summed E-state index contributed by atoms with van der Waals surface area (Å²) in [7, 11) is 0. The molecule has 0 bridgehead atoms. The topological polar surface area (TPSA) is 45.3 Å². The molecule has 0 unspecified atom stereocenters. The third-order valence-corrected chi connectivity index (χ3v) is 2.45. The number of amides is 1. The Balaban J connectivity index is 0.00000220. The number of carbonyl (C=O) groups excluding carboxylic acids is 1. The van der Waals surface area contributed by atoms with Crippen molar-refractivity contribution in [3.63, 3.8) is 0 Å². The highest BCUT2D eigenvalue weighted by molar-refractivity contribution is 5.81. The van der Waals surface area contributed by atoms with Crippen molar-refractivity contribution in [3.8, 4) is 0 Å². The molecule has 1 aromatic carbocycles. The van der Waals surface area contributed by atoms with E-state index in [0.29, 0.717) is 5.56 Å². The van der Waals surface area contributed by atoms with Crippen LogP contribution in [0.5, 0.6) is 0 Å². The first-order valence-corrected chi connectivity index (χ1v) is 5.86. The molecule has 1 N–H and O–H groups in total. The molecule has 1 aromatic heterocycles. The van der Waals surface area contributed by atoms with Crippen LogP contribution in [0.4, 0.5) is 8.78 Å². The van der Waals surface area contributed by atoms with E-state index in [1.165, 1.54) is 12.3 Å². The van der Waals surface area contributed by atoms with E-state index in [0.717, 1.165) is 12.1 Å². The summed E-state index contributed by atoms with van der Waals surface area (Å²) in [6.45, 7) is 0.121. The minimum Gasteiger partial charge on any atom is -1.00 e. The third kappa shape index (κ3) is 5.27. The zero-order valence-electron chi connectivity index (χ0n) is 10.8. The lowest BCUT2D eigenvalue weighted by Crippen LogP contribution is -3.00. The zero-order chi connectivity index (χ0) is 14.4. The van der Waals surface area contributed by atoms with E-state index in [4.69, 9.17) is 0 Å². The van der Waals surface area contributed by atoms with Crippen molar-refractivity contribution in [2.75, 3.05) is 0 Å². The number of hydrazone groups is 1. The van der Waals surface area contributed by atoms with Crippen LogP contribution < -0.4 is 22.4 Å². The second kappa shape index (κ2) is 8.06. The summed E-state index contributed by atoms with van der Waals surface area (Å²) >= 11 is 0. The molecule has 110 valence electrons. The van der Waals surface area contributed by atoms with Gasteiger partial charge in [0, 0.05) is 12.1 Å². The summed E-state index contributed by atoms with van der Waals surface area (Å²) in [5, 5.41) is 3.68. The molecular formula is C14H12ClF2N3O. The molecule has 0 aliphatic rings. The first-order valence-electron chi connectivity index (χ1n) is 5.86. The summed E-state index contributed by atoms with van der Waals surface area (Å²) in [6, 6.07) is 8.81. The Morgan fingerprint density at radius 1 is 1.19 bits per heavy atom. The largest absolute Gasteiger partial charge is 1.00 e. The predicted octanol–water partition coefficient (Wildman–Crippen LogP) is -1.59. The van der Waals surface area contributed by atoms with Crippen molar-refractivity contribution in [2.24, 2.45) is 5.10 Å². The number of benzene rings is 1. The van der Waals surface area contributed by atoms with Crippen molar-refractivity contribution >= 4 is 12.1 Å². The molecule has 0 atom stereocenters. The van der Waals surface area contributed by atoms with E-state index in [-0.39, 0.29) is 24.9 Å². The molecule has 0 spiro atoms. The second-order valence-electron chi connectivity index (χ2n) is 4.01. The van der Waals surface area contributed by atoms with Crippen LogP contribution in [-0.4, -0.2) is 12.1 Å². The summed E-state index contributed by atoms with van der Waals surface area (Å²) in [4.78, 5) is 11.5. The fourth-order valence-electron chi connectivity index (χ4n) is 1.51. The molecule has 4 nitrogen and oxygen atoms in total. The van der Waals surface area contributed by atoms with Crippen molar-refractivity contribution in [2.45, 2.75) is 6.54 Å². The van der Waals surface area contributed by atoms with E-state index in [2.05, 4.69) is 10.5 Å². The number of aromatic nitrogens is 1. The van der Waals surface area contributed by atoms with Crippen LogP contribution in [0.1, 0.15) is 5.56 Å². The Hall–Kier alpha value is -2.34. The maximum absolute atomic E-state index is 12.9. The average Bonchev–Trinajstić information content (AvgIpc) is 2.44. The minimum atomic E-state index is -0.958. The summed E-state index contributed by atoms with van der Waals surface area (Å²) in [5.74, 6) is -2.20. The van der Waals surface area contributed by atoms with E-state index in [1.807, 2.05) is 6.07 Å². The quantitative estimate of drug-likeness (QED) is 0.413. The molecule has 1 amide bonds. The van der Waals surface area contributed by atoms with Gasteiger partial charge in [-0.1, -0.05) is 12.1 Å². The molecule has 0 fully saturated rings. The van der Waals surface area contributed by atoms with Gasteiger partial charge in [0.25, 0.3) is 0 Å². The Kier molecular flexibility index (Phi) is 6.42. The SMILES string of the molecule is O=C(C[n+]1ccccc1)N/N=C/c1ccc(F)c(F)c1.[Cl-]. The van der Waals surface area contributed by atoms with Gasteiger partial charge in [-0.15, -0.1) is 0 Å². The lowest BCUT2D eigenvalue weighted by atomic mass is 10.2. The van der Waals surface area contributed by atoms with Crippen LogP contribution in [0.2, 0.25) is 0 Å². The number of rotatable bonds is 4. The molecular weight excluding hydrogens is 300 g/mol. The number of nitrogens with one attached hydrogen (secondary N) is 1. The lowest BCUT2D eigenvalue weighted by molar-refractivity contribution is -0.684. The highest BCUT2D eigenvalue weighted by Gasteiger charge is 2.06. The van der Waals surface area contributed by atoms with Gasteiger partial charge in [-0.25, -0.2) is 14.2 Å². The van der Waals surface area contributed by atoms with Crippen LogP contribution in [0, 0.1) is 11.6 Å². The number of nitrogens with zero attached hydrogens (tertiary/aromatic N) is 2. The summed E-state index contributed by atoms with van der Waals surface area (Å²) in [5.41, 5.74) is 2.67. The molecule has 0 saturated carbocycles. The normalized spacial score (nSPS) is 10.2. The van der Waals surface area contributed by atoms with Gasteiger partial charge in [0.15, 0.2) is 24.0 Å². The molecule has 2 rings (SSSR count). The van der Waals surface area contributed by atoms with Crippen molar-refractivity contribution in [3.05, 3.63) is 66.0 Å². The summed E-state index contributed by atoms with van der Waals surface area (Å²) in [6.07, 6.45) is 4.74. The molecule has 0 radical (unpaired) electrons. The Bertz CT molecular complexity index is 635. The molecule has 7 heteroatoms. The number of carbonyl (C=O) groups is 1. The van der Waals surface area contributed by atoms with E-state index < -0.39 is 11.6 Å². The van der Waals surface area contributed by atoms with Crippen molar-refractivity contribution < 1.29 is 30.5 Å². The number of hydrogen-bond donors (Lipinski definition) is 1.